The molecule has 3 rings (SSSR count). The molecule has 140 valence electrons. The van der Waals surface area contributed by atoms with Crippen LogP contribution in [0.1, 0.15) is 40.7 Å². The number of hydrogen-bond acceptors (Lipinski definition) is 4. The van der Waals surface area contributed by atoms with Gasteiger partial charge in [0.05, 0.1) is 17.1 Å². The van der Waals surface area contributed by atoms with Gasteiger partial charge in [-0.2, -0.15) is 0 Å². The van der Waals surface area contributed by atoms with Crippen LogP contribution in [0.2, 0.25) is 5.02 Å². The number of nitrogens with zero attached hydrogens (tertiary/aromatic N) is 3. The van der Waals surface area contributed by atoms with Crippen molar-refractivity contribution in [3.05, 3.63) is 70.1 Å². The summed E-state index contributed by atoms with van der Waals surface area (Å²) >= 11 is 6.19. The Labute approximate surface area is 164 Å². The second-order valence-corrected chi connectivity index (χ2v) is 6.99. The molecule has 0 aliphatic heterocycles. The van der Waals surface area contributed by atoms with Crippen LogP contribution in [0.5, 0.6) is 0 Å². The molecular formula is C21H22ClN3O2. The minimum atomic E-state index is -0.0406. The van der Waals surface area contributed by atoms with E-state index in [0.717, 1.165) is 17.5 Å². The summed E-state index contributed by atoms with van der Waals surface area (Å²) in [5, 5.41) is 8.73. The fraction of sp³-hybridized carbons (Fsp3) is 0.286. The zero-order valence-electron chi connectivity index (χ0n) is 15.7. The molecule has 0 radical (unpaired) electrons. The summed E-state index contributed by atoms with van der Waals surface area (Å²) in [6.45, 7) is 6.88. The Morgan fingerprint density at radius 1 is 1.11 bits per heavy atom. The highest BCUT2D eigenvalue weighted by atomic mass is 35.5. The second-order valence-electron chi connectivity index (χ2n) is 6.58. The Bertz CT molecular complexity index is 932. The first-order valence-electron chi connectivity index (χ1n) is 8.92. The van der Waals surface area contributed by atoms with Gasteiger partial charge in [0.2, 0.25) is 11.8 Å². The molecule has 1 heterocycles. The number of benzene rings is 2. The zero-order chi connectivity index (χ0) is 19.4. The van der Waals surface area contributed by atoms with E-state index < -0.39 is 0 Å². The minimum absolute atomic E-state index is 0.0406. The second kappa shape index (κ2) is 8.35. The third kappa shape index (κ3) is 4.55. The van der Waals surface area contributed by atoms with Crippen molar-refractivity contribution in [2.75, 3.05) is 6.54 Å². The molecule has 0 bridgehead atoms. The van der Waals surface area contributed by atoms with Gasteiger partial charge in [-0.25, -0.2) is 0 Å². The van der Waals surface area contributed by atoms with Gasteiger partial charge in [0.1, 0.15) is 0 Å². The molecule has 0 aliphatic rings. The van der Waals surface area contributed by atoms with E-state index in [1.807, 2.05) is 51.1 Å². The first-order valence-corrected chi connectivity index (χ1v) is 9.30. The van der Waals surface area contributed by atoms with Crippen LogP contribution in [0, 0.1) is 13.8 Å². The molecule has 6 heteroatoms. The van der Waals surface area contributed by atoms with E-state index in [1.54, 1.807) is 11.0 Å². The third-order valence-electron chi connectivity index (χ3n) is 4.15. The van der Waals surface area contributed by atoms with Gasteiger partial charge in [-0.15, -0.1) is 10.2 Å². The van der Waals surface area contributed by atoms with Crippen molar-refractivity contribution >= 4 is 17.5 Å². The molecule has 0 aliphatic carbocycles. The van der Waals surface area contributed by atoms with Gasteiger partial charge < -0.3 is 9.32 Å². The van der Waals surface area contributed by atoms with E-state index in [9.17, 15) is 4.79 Å². The van der Waals surface area contributed by atoms with Crippen LogP contribution in [0.4, 0.5) is 0 Å². The van der Waals surface area contributed by atoms with Crippen LogP contribution in [0.25, 0.3) is 11.5 Å². The highest BCUT2D eigenvalue weighted by Crippen LogP contribution is 2.26. The Hall–Kier alpha value is -2.66. The van der Waals surface area contributed by atoms with E-state index in [4.69, 9.17) is 16.0 Å². The van der Waals surface area contributed by atoms with E-state index in [1.165, 1.54) is 0 Å². The lowest BCUT2D eigenvalue weighted by Gasteiger charge is -2.20. The predicted molar refractivity (Wildman–Crippen MR) is 106 cm³/mol. The quantitative estimate of drug-likeness (QED) is 0.597. The lowest BCUT2D eigenvalue weighted by atomic mass is 10.1. The average molecular weight is 384 g/mol. The molecule has 1 aromatic heterocycles. The average Bonchev–Trinajstić information content (AvgIpc) is 3.08. The van der Waals surface area contributed by atoms with Crippen LogP contribution in [-0.4, -0.2) is 27.5 Å². The maximum absolute atomic E-state index is 13.0. The number of carbonyl (C=O) groups excluding carboxylic acids is 1. The normalized spacial score (nSPS) is 10.8. The number of hydrogen-bond donors (Lipinski definition) is 0. The van der Waals surface area contributed by atoms with Gasteiger partial charge in [-0.3, -0.25) is 4.79 Å². The van der Waals surface area contributed by atoms with E-state index >= 15 is 0 Å². The first-order chi connectivity index (χ1) is 13.0. The molecular weight excluding hydrogens is 362 g/mol. The summed E-state index contributed by atoms with van der Waals surface area (Å²) in [5.41, 5.74) is 3.48. The van der Waals surface area contributed by atoms with Crippen molar-refractivity contribution in [2.45, 2.75) is 33.7 Å². The van der Waals surface area contributed by atoms with Gasteiger partial charge in [-0.05, 0) is 44.5 Å². The number of rotatable bonds is 6. The summed E-state index contributed by atoms with van der Waals surface area (Å²) in [7, 11) is 0. The van der Waals surface area contributed by atoms with Crippen LogP contribution >= 0.6 is 11.6 Å². The summed E-state index contributed by atoms with van der Waals surface area (Å²) < 4.78 is 5.76. The van der Waals surface area contributed by atoms with Crippen molar-refractivity contribution in [2.24, 2.45) is 0 Å². The fourth-order valence-electron chi connectivity index (χ4n) is 3.03. The number of halogens is 1. The Kier molecular flexibility index (Phi) is 5.91. The molecule has 0 saturated carbocycles. The SMILES string of the molecule is CCCN(Cc1nnc(-c2ccccc2Cl)o1)C(=O)c1cc(C)cc(C)c1. The molecule has 2 aromatic carbocycles. The fourth-order valence-corrected chi connectivity index (χ4v) is 3.24. The maximum atomic E-state index is 13.0. The zero-order valence-corrected chi connectivity index (χ0v) is 16.5. The Morgan fingerprint density at radius 2 is 1.81 bits per heavy atom. The van der Waals surface area contributed by atoms with E-state index in [0.29, 0.717) is 34.5 Å². The van der Waals surface area contributed by atoms with Crippen molar-refractivity contribution in [3.8, 4) is 11.5 Å². The Morgan fingerprint density at radius 3 is 2.48 bits per heavy atom. The van der Waals surface area contributed by atoms with Crippen LogP contribution in [-0.2, 0) is 6.54 Å². The Balaban J connectivity index is 1.83. The van der Waals surface area contributed by atoms with Gasteiger partial charge in [-0.1, -0.05) is 47.9 Å². The largest absolute Gasteiger partial charge is 0.419 e. The molecule has 0 atom stereocenters. The maximum Gasteiger partial charge on any atom is 0.254 e. The molecule has 1 amide bonds. The molecule has 3 aromatic rings. The summed E-state index contributed by atoms with van der Waals surface area (Å²) in [4.78, 5) is 14.7. The topological polar surface area (TPSA) is 59.2 Å². The summed E-state index contributed by atoms with van der Waals surface area (Å²) in [5.74, 6) is 0.697. The van der Waals surface area contributed by atoms with Crippen molar-refractivity contribution < 1.29 is 9.21 Å². The number of aromatic nitrogens is 2. The van der Waals surface area contributed by atoms with Gasteiger partial charge in [0, 0.05) is 12.1 Å². The van der Waals surface area contributed by atoms with Gasteiger partial charge >= 0.3 is 0 Å². The highest BCUT2D eigenvalue weighted by Gasteiger charge is 2.20. The lowest BCUT2D eigenvalue weighted by Crippen LogP contribution is -2.31. The lowest BCUT2D eigenvalue weighted by molar-refractivity contribution is 0.0728. The highest BCUT2D eigenvalue weighted by molar-refractivity contribution is 6.33. The number of amides is 1. The van der Waals surface area contributed by atoms with Crippen molar-refractivity contribution in [1.29, 1.82) is 0 Å². The van der Waals surface area contributed by atoms with Crippen molar-refractivity contribution in [1.82, 2.24) is 15.1 Å². The molecule has 0 N–H and O–H groups in total. The van der Waals surface area contributed by atoms with Crippen LogP contribution < -0.4 is 0 Å². The third-order valence-corrected chi connectivity index (χ3v) is 4.48. The predicted octanol–water partition coefficient (Wildman–Crippen LogP) is 5.06. The number of carbonyl (C=O) groups is 1. The molecule has 0 spiro atoms. The van der Waals surface area contributed by atoms with Crippen molar-refractivity contribution in [3.63, 3.8) is 0 Å². The van der Waals surface area contributed by atoms with E-state index in [2.05, 4.69) is 16.3 Å². The van der Waals surface area contributed by atoms with Gasteiger partial charge in [0.15, 0.2) is 0 Å². The molecule has 0 saturated heterocycles. The molecule has 27 heavy (non-hydrogen) atoms. The standard InChI is InChI=1S/C21H22ClN3O2/c1-4-9-25(21(26)16-11-14(2)10-15(3)12-16)13-19-23-24-20(27-19)17-7-5-6-8-18(17)22/h5-8,10-12H,4,9,13H2,1-3H3. The molecule has 5 nitrogen and oxygen atoms in total. The number of aryl methyl sites for hydroxylation is 2. The molecule has 0 unspecified atom stereocenters. The monoisotopic (exact) mass is 383 g/mol. The minimum Gasteiger partial charge on any atom is -0.419 e. The smallest absolute Gasteiger partial charge is 0.254 e. The summed E-state index contributed by atoms with van der Waals surface area (Å²) in [6.07, 6.45) is 0.835. The van der Waals surface area contributed by atoms with Gasteiger partial charge in [0.25, 0.3) is 5.91 Å². The first kappa shape index (κ1) is 19.1. The summed E-state index contributed by atoms with van der Waals surface area (Å²) in [6, 6.07) is 13.2. The molecule has 0 fully saturated rings. The van der Waals surface area contributed by atoms with Crippen LogP contribution in [0.15, 0.2) is 46.9 Å². The van der Waals surface area contributed by atoms with E-state index in [-0.39, 0.29) is 12.5 Å². The van der Waals surface area contributed by atoms with Crippen LogP contribution in [0.3, 0.4) is 0 Å².